The number of ether oxygens (including phenoxy) is 2. The number of hydrogen-bond donors (Lipinski definition) is 1. The summed E-state index contributed by atoms with van der Waals surface area (Å²) in [6.45, 7) is 1.74. The van der Waals surface area contributed by atoms with Crippen LogP contribution in [0.1, 0.15) is 55.0 Å². The molecule has 0 bridgehead atoms. The Balaban J connectivity index is 1.40. The molecule has 1 N–H and O–H groups in total. The van der Waals surface area contributed by atoms with E-state index < -0.39 is 0 Å². The van der Waals surface area contributed by atoms with Crippen molar-refractivity contribution in [2.75, 3.05) is 19.0 Å². The minimum atomic E-state index is -0.281. The predicted octanol–water partition coefficient (Wildman–Crippen LogP) is 6.42. The van der Waals surface area contributed by atoms with Gasteiger partial charge in [-0.2, -0.15) is 9.78 Å². The number of carbonyl (C=O) groups excluding carboxylic acids is 1. The molecule has 1 saturated carbocycles. The molecular weight excluding hydrogens is 572 g/mol. The van der Waals surface area contributed by atoms with Crippen molar-refractivity contribution in [2.45, 2.75) is 44.9 Å². The van der Waals surface area contributed by atoms with Crippen LogP contribution in [0, 0.1) is 6.92 Å². The molecule has 1 aliphatic rings. The summed E-state index contributed by atoms with van der Waals surface area (Å²) in [6, 6.07) is 18.4. The summed E-state index contributed by atoms with van der Waals surface area (Å²) in [5.41, 5.74) is 2.89. The van der Waals surface area contributed by atoms with Crippen molar-refractivity contribution in [3.8, 4) is 11.5 Å². The number of fused-ring (bicyclic) bond motifs is 1. The average molecular weight is 604 g/mol. The lowest BCUT2D eigenvalue weighted by atomic mass is 9.88. The molecule has 4 aromatic rings. The van der Waals surface area contributed by atoms with E-state index in [0.29, 0.717) is 38.3 Å². The Bertz CT molecular complexity index is 1630. The van der Waals surface area contributed by atoms with Gasteiger partial charge in [0.15, 0.2) is 18.1 Å². The van der Waals surface area contributed by atoms with Gasteiger partial charge in [-0.15, -0.1) is 0 Å². The number of aryl methyl sites for hydroxylation is 1. The fraction of sp³-hybridized carbons (Fsp3) is 0.290. The third-order valence-electron chi connectivity index (χ3n) is 7.12. The Morgan fingerprint density at radius 1 is 1.10 bits per heavy atom. The van der Waals surface area contributed by atoms with Gasteiger partial charge in [0.2, 0.25) is 0 Å². The highest BCUT2D eigenvalue weighted by Crippen LogP contribution is 2.34. The van der Waals surface area contributed by atoms with Crippen molar-refractivity contribution in [3.63, 3.8) is 0 Å². The first kappa shape index (κ1) is 27.6. The SMILES string of the molecule is COc1cc(C=Nn2c(C3CCCCC3)nc3ccccc3c2=O)c(Br)cc1OCC(=O)Nc1ccccc1C. The van der Waals surface area contributed by atoms with Gasteiger partial charge in [0.05, 0.1) is 24.2 Å². The minimum absolute atomic E-state index is 0.183. The molecule has 206 valence electrons. The highest BCUT2D eigenvalue weighted by Gasteiger charge is 2.22. The van der Waals surface area contributed by atoms with Gasteiger partial charge >= 0.3 is 0 Å². The highest BCUT2D eigenvalue weighted by atomic mass is 79.9. The molecule has 0 radical (unpaired) electrons. The zero-order valence-corrected chi connectivity index (χ0v) is 24.1. The summed E-state index contributed by atoms with van der Waals surface area (Å²) in [6.07, 6.45) is 7.02. The molecule has 1 aliphatic carbocycles. The second-order valence-electron chi connectivity index (χ2n) is 9.86. The van der Waals surface area contributed by atoms with E-state index >= 15 is 0 Å². The van der Waals surface area contributed by atoms with E-state index in [2.05, 4.69) is 26.3 Å². The Kier molecular flexibility index (Phi) is 8.60. The van der Waals surface area contributed by atoms with Crippen LogP contribution in [-0.2, 0) is 4.79 Å². The molecule has 0 spiro atoms. The standard InChI is InChI=1S/C31H31BrN4O4/c1-20-10-6-8-14-25(20)34-29(37)19-40-28-17-24(32)22(16-27(28)39-2)18-33-36-30(21-11-4-3-5-12-21)35-26-15-9-7-13-23(26)31(36)38/h6-10,13-18,21H,3-5,11-12,19H2,1-2H3,(H,34,37). The number of nitrogens with zero attached hydrogens (tertiary/aromatic N) is 3. The van der Waals surface area contributed by atoms with E-state index in [0.717, 1.165) is 36.9 Å². The van der Waals surface area contributed by atoms with Crippen molar-refractivity contribution in [1.29, 1.82) is 0 Å². The van der Waals surface area contributed by atoms with E-state index in [-0.39, 0.29) is 24.0 Å². The zero-order chi connectivity index (χ0) is 28.1. The number of halogens is 1. The van der Waals surface area contributed by atoms with Crippen LogP contribution in [0.5, 0.6) is 11.5 Å². The molecule has 5 rings (SSSR count). The Morgan fingerprint density at radius 3 is 2.62 bits per heavy atom. The molecule has 0 aliphatic heterocycles. The number of methoxy groups -OCH3 is 1. The second-order valence-corrected chi connectivity index (χ2v) is 10.7. The smallest absolute Gasteiger partial charge is 0.282 e. The minimum Gasteiger partial charge on any atom is -0.493 e. The number of nitrogens with one attached hydrogen (secondary N) is 1. The lowest BCUT2D eigenvalue weighted by Crippen LogP contribution is -2.25. The number of benzene rings is 3. The van der Waals surface area contributed by atoms with Crippen LogP contribution in [-0.4, -0.2) is 35.5 Å². The van der Waals surface area contributed by atoms with Gasteiger partial charge in [-0.05, 0) is 71.6 Å². The number of aromatic nitrogens is 2. The number of hydrogen-bond acceptors (Lipinski definition) is 6. The van der Waals surface area contributed by atoms with Crippen LogP contribution in [0.15, 0.2) is 75.0 Å². The Morgan fingerprint density at radius 2 is 1.85 bits per heavy atom. The van der Waals surface area contributed by atoms with Crippen LogP contribution in [0.4, 0.5) is 5.69 Å². The van der Waals surface area contributed by atoms with Crippen molar-refractivity contribution in [1.82, 2.24) is 9.66 Å². The van der Waals surface area contributed by atoms with Gasteiger partial charge < -0.3 is 14.8 Å². The normalized spacial score (nSPS) is 14.0. The van der Waals surface area contributed by atoms with Crippen molar-refractivity contribution in [3.05, 3.63) is 92.4 Å². The summed E-state index contributed by atoms with van der Waals surface area (Å²) in [5, 5.41) is 8.01. The molecule has 1 aromatic heterocycles. The molecule has 3 aromatic carbocycles. The molecule has 0 unspecified atom stereocenters. The topological polar surface area (TPSA) is 94.8 Å². The zero-order valence-electron chi connectivity index (χ0n) is 22.5. The fourth-order valence-corrected chi connectivity index (χ4v) is 5.39. The van der Waals surface area contributed by atoms with Crippen molar-refractivity contribution >= 4 is 44.6 Å². The number of anilines is 1. The van der Waals surface area contributed by atoms with Crippen molar-refractivity contribution < 1.29 is 14.3 Å². The monoisotopic (exact) mass is 602 g/mol. The Labute approximate surface area is 241 Å². The second kappa shape index (κ2) is 12.5. The van der Waals surface area contributed by atoms with E-state index in [1.54, 1.807) is 24.4 Å². The largest absolute Gasteiger partial charge is 0.493 e. The predicted molar refractivity (Wildman–Crippen MR) is 161 cm³/mol. The van der Waals surface area contributed by atoms with Gasteiger partial charge in [-0.25, -0.2) is 4.98 Å². The maximum absolute atomic E-state index is 13.5. The number of carbonyl (C=O) groups is 1. The molecule has 0 atom stereocenters. The van der Waals surface area contributed by atoms with Crippen LogP contribution in [0.3, 0.4) is 0 Å². The molecule has 9 heteroatoms. The summed E-state index contributed by atoms with van der Waals surface area (Å²) in [4.78, 5) is 30.9. The van der Waals surface area contributed by atoms with E-state index in [9.17, 15) is 9.59 Å². The summed E-state index contributed by atoms with van der Waals surface area (Å²) < 4.78 is 13.4. The molecule has 1 fully saturated rings. The van der Waals surface area contributed by atoms with Crippen molar-refractivity contribution in [2.24, 2.45) is 5.10 Å². The number of amides is 1. The van der Waals surface area contributed by atoms with Gasteiger partial charge in [0.25, 0.3) is 11.5 Å². The third kappa shape index (κ3) is 6.09. The number of para-hydroxylation sites is 2. The summed E-state index contributed by atoms with van der Waals surface area (Å²) in [5.74, 6) is 1.44. The maximum Gasteiger partial charge on any atom is 0.282 e. The van der Waals surface area contributed by atoms with E-state index in [1.807, 2.05) is 49.4 Å². The average Bonchev–Trinajstić information content (AvgIpc) is 2.98. The van der Waals surface area contributed by atoms with Crippen LogP contribution < -0.4 is 20.3 Å². The van der Waals surface area contributed by atoms with Crippen LogP contribution in [0.2, 0.25) is 0 Å². The first-order valence-corrected chi connectivity index (χ1v) is 14.2. The lowest BCUT2D eigenvalue weighted by molar-refractivity contribution is -0.118. The van der Waals surface area contributed by atoms with E-state index in [4.69, 9.17) is 14.5 Å². The molecule has 0 saturated heterocycles. The van der Waals surface area contributed by atoms with Gasteiger partial charge in [0, 0.05) is 21.6 Å². The lowest BCUT2D eigenvalue weighted by Gasteiger charge is -2.22. The molecule has 8 nitrogen and oxygen atoms in total. The highest BCUT2D eigenvalue weighted by molar-refractivity contribution is 9.10. The number of rotatable bonds is 8. The fourth-order valence-electron chi connectivity index (χ4n) is 4.96. The van der Waals surface area contributed by atoms with Gasteiger partial charge in [0.1, 0.15) is 5.82 Å². The first-order chi connectivity index (χ1) is 19.4. The molecule has 1 amide bonds. The quantitative estimate of drug-likeness (QED) is 0.235. The van der Waals surface area contributed by atoms with Crippen LogP contribution in [0.25, 0.3) is 10.9 Å². The summed E-state index contributed by atoms with van der Waals surface area (Å²) in [7, 11) is 1.53. The van der Waals surface area contributed by atoms with Gasteiger partial charge in [-0.1, -0.05) is 49.6 Å². The molecular formula is C31H31BrN4O4. The third-order valence-corrected chi connectivity index (χ3v) is 7.81. The maximum atomic E-state index is 13.5. The first-order valence-electron chi connectivity index (χ1n) is 13.4. The molecule has 1 heterocycles. The van der Waals surface area contributed by atoms with E-state index in [1.165, 1.54) is 18.2 Å². The summed E-state index contributed by atoms with van der Waals surface area (Å²) >= 11 is 3.58. The Hall–Kier alpha value is -3.98. The van der Waals surface area contributed by atoms with Gasteiger partial charge in [-0.3, -0.25) is 9.59 Å². The molecule has 40 heavy (non-hydrogen) atoms. The van der Waals surface area contributed by atoms with Crippen LogP contribution >= 0.6 is 15.9 Å².